The zero-order valence-electron chi connectivity index (χ0n) is 20.7. The van der Waals surface area contributed by atoms with Gasteiger partial charge < -0.3 is 19.5 Å². The van der Waals surface area contributed by atoms with Crippen molar-refractivity contribution in [2.24, 2.45) is 0 Å². The number of aryl methyl sites for hydroxylation is 1. The molecule has 1 aliphatic heterocycles. The molecule has 3 heterocycles. The number of hydrogen-bond donors (Lipinski definition) is 1. The Balaban J connectivity index is 1.61. The molecule has 1 N–H and O–H groups in total. The molecule has 2 amide bonds. The predicted molar refractivity (Wildman–Crippen MR) is 136 cm³/mol. The summed E-state index contributed by atoms with van der Waals surface area (Å²) in [6.45, 7) is 4.30. The summed E-state index contributed by atoms with van der Waals surface area (Å²) in [6, 6.07) is 19.0. The average molecular weight is 502 g/mol. The molecule has 1 atom stereocenters. The van der Waals surface area contributed by atoms with Gasteiger partial charge >= 0.3 is 12.0 Å². The second-order valence-corrected chi connectivity index (χ2v) is 8.81. The normalized spacial score (nSPS) is 14.5. The first-order valence-electron chi connectivity index (χ1n) is 12.2. The Hall–Kier alpha value is -4.40. The molecule has 0 spiro atoms. The van der Waals surface area contributed by atoms with E-state index in [-0.39, 0.29) is 43.9 Å². The van der Waals surface area contributed by atoms with E-state index in [1.54, 1.807) is 17.9 Å². The molecule has 5 rings (SSSR count). The van der Waals surface area contributed by atoms with Crippen LogP contribution in [0.3, 0.4) is 0 Å². The monoisotopic (exact) mass is 501 g/mol. The molecule has 0 saturated carbocycles. The minimum Gasteiger partial charge on any atom is -0.466 e. The minimum atomic E-state index is -0.579. The number of esters is 1. The van der Waals surface area contributed by atoms with Crippen molar-refractivity contribution < 1.29 is 18.7 Å². The van der Waals surface area contributed by atoms with Crippen LogP contribution in [0.15, 0.2) is 72.9 Å². The summed E-state index contributed by atoms with van der Waals surface area (Å²) in [7, 11) is 0. The van der Waals surface area contributed by atoms with Gasteiger partial charge in [-0.25, -0.2) is 13.9 Å². The minimum absolute atomic E-state index is 0.0602. The number of nitrogens with zero attached hydrogens (tertiary/aromatic N) is 4. The third-order valence-corrected chi connectivity index (χ3v) is 6.42. The van der Waals surface area contributed by atoms with Crippen LogP contribution in [0, 0.1) is 12.7 Å². The number of benzene rings is 2. The topological polar surface area (TPSA) is 81.4 Å². The van der Waals surface area contributed by atoms with Gasteiger partial charge in [0.05, 0.1) is 42.7 Å². The second-order valence-electron chi connectivity index (χ2n) is 8.81. The summed E-state index contributed by atoms with van der Waals surface area (Å²) < 4.78 is 23.2. The maximum Gasteiger partial charge on any atom is 0.318 e. The van der Waals surface area contributed by atoms with Crippen LogP contribution >= 0.6 is 0 Å². The van der Waals surface area contributed by atoms with Crippen molar-refractivity contribution in [1.82, 2.24) is 24.6 Å². The molecule has 8 nitrogen and oxygen atoms in total. The third-order valence-electron chi connectivity index (χ3n) is 6.42. The van der Waals surface area contributed by atoms with E-state index in [0.29, 0.717) is 5.56 Å². The Morgan fingerprint density at radius 2 is 1.92 bits per heavy atom. The van der Waals surface area contributed by atoms with Crippen LogP contribution in [0.5, 0.6) is 0 Å². The van der Waals surface area contributed by atoms with Crippen molar-refractivity contribution in [2.45, 2.75) is 32.9 Å². The number of aromatic nitrogens is 3. The van der Waals surface area contributed by atoms with Gasteiger partial charge in [-0.1, -0.05) is 30.3 Å². The number of amides is 2. The molecule has 0 unspecified atom stereocenters. The summed E-state index contributed by atoms with van der Waals surface area (Å²) in [6.07, 6.45) is 1.99. The number of fused-ring (bicyclic) bond motifs is 3. The Bertz CT molecular complexity index is 1430. The predicted octanol–water partition coefficient (Wildman–Crippen LogP) is 4.68. The molecular formula is C28H28FN5O3. The fourth-order valence-electron chi connectivity index (χ4n) is 4.78. The van der Waals surface area contributed by atoms with Gasteiger partial charge in [-0.2, -0.15) is 5.10 Å². The lowest BCUT2D eigenvalue weighted by Crippen LogP contribution is -2.42. The molecule has 0 fully saturated rings. The van der Waals surface area contributed by atoms with E-state index in [4.69, 9.17) is 9.84 Å². The average Bonchev–Trinajstić information content (AvgIpc) is 3.45. The number of nitrogens with one attached hydrogen (secondary N) is 1. The summed E-state index contributed by atoms with van der Waals surface area (Å²) in [5.74, 6) is 0.0649. The van der Waals surface area contributed by atoms with Crippen molar-refractivity contribution in [3.8, 4) is 11.5 Å². The van der Waals surface area contributed by atoms with Crippen LogP contribution in [0.4, 0.5) is 9.18 Å². The van der Waals surface area contributed by atoms with Crippen LogP contribution in [0.25, 0.3) is 11.5 Å². The molecule has 0 radical (unpaired) electrons. The van der Waals surface area contributed by atoms with Crippen molar-refractivity contribution in [3.05, 3.63) is 101 Å². The molecule has 9 heteroatoms. The molecule has 37 heavy (non-hydrogen) atoms. The van der Waals surface area contributed by atoms with Crippen molar-refractivity contribution >= 4 is 12.0 Å². The van der Waals surface area contributed by atoms with Gasteiger partial charge in [-0.05, 0) is 55.8 Å². The van der Waals surface area contributed by atoms with Gasteiger partial charge in [0.2, 0.25) is 0 Å². The highest BCUT2D eigenvalue weighted by Gasteiger charge is 2.36. The highest BCUT2D eigenvalue weighted by molar-refractivity contribution is 5.77. The lowest BCUT2D eigenvalue weighted by atomic mass is 10.0. The maximum atomic E-state index is 14.4. The van der Waals surface area contributed by atoms with Gasteiger partial charge in [0.1, 0.15) is 11.6 Å². The fraction of sp³-hybridized carbons (Fsp3) is 0.250. The first-order valence-corrected chi connectivity index (χ1v) is 12.2. The van der Waals surface area contributed by atoms with E-state index >= 15 is 0 Å². The Morgan fingerprint density at radius 3 is 2.68 bits per heavy atom. The van der Waals surface area contributed by atoms with Gasteiger partial charge in [0.25, 0.3) is 0 Å². The molecule has 0 saturated heterocycles. The number of urea groups is 1. The molecule has 2 aromatic carbocycles. The molecule has 2 aromatic heterocycles. The van der Waals surface area contributed by atoms with Gasteiger partial charge in [0.15, 0.2) is 0 Å². The van der Waals surface area contributed by atoms with Gasteiger partial charge in [0, 0.05) is 18.3 Å². The number of hydrogen-bond acceptors (Lipinski definition) is 4. The number of rotatable bonds is 6. The quantitative estimate of drug-likeness (QED) is 0.389. The smallest absolute Gasteiger partial charge is 0.318 e. The Morgan fingerprint density at radius 1 is 1.11 bits per heavy atom. The zero-order valence-corrected chi connectivity index (χ0v) is 20.7. The van der Waals surface area contributed by atoms with Crippen LogP contribution in [0.1, 0.15) is 41.9 Å². The first kappa shape index (κ1) is 24.3. The van der Waals surface area contributed by atoms with E-state index in [2.05, 4.69) is 5.32 Å². The SMILES string of the molecule is CCOC(=O)CCNC(=O)N1Cc2c(C)nn(-c3ccccc3)c2-n2cccc2[C@H]1c1cccc(F)c1. The van der Waals surface area contributed by atoms with Crippen LogP contribution in [-0.2, 0) is 16.1 Å². The molecule has 190 valence electrons. The van der Waals surface area contributed by atoms with E-state index in [0.717, 1.165) is 28.5 Å². The van der Waals surface area contributed by atoms with Crippen LogP contribution < -0.4 is 5.32 Å². The highest BCUT2D eigenvalue weighted by Crippen LogP contribution is 2.38. The lowest BCUT2D eigenvalue weighted by Gasteiger charge is -2.31. The van der Waals surface area contributed by atoms with Crippen molar-refractivity contribution in [1.29, 1.82) is 0 Å². The fourth-order valence-corrected chi connectivity index (χ4v) is 4.78. The number of carbonyl (C=O) groups excluding carboxylic acids is 2. The van der Waals surface area contributed by atoms with E-state index < -0.39 is 6.04 Å². The lowest BCUT2D eigenvalue weighted by molar-refractivity contribution is -0.142. The number of ether oxygens (including phenoxy) is 1. The molecule has 0 bridgehead atoms. The van der Waals surface area contributed by atoms with Crippen molar-refractivity contribution in [2.75, 3.05) is 13.2 Å². The second kappa shape index (κ2) is 10.3. The summed E-state index contributed by atoms with van der Waals surface area (Å²) in [5, 5.41) is 7.66. The van der Waals surface area contributed by atoms with E-state index in [9.17, 15) is 14.0 Å². The molecule has 0 aliphatic carbocycles. The first-order chi connectivity index (χ1) is 18.0. The third kappa shape index (κ3) is 4.72. The van der Waals surface area contributed by atoms with Crippen LogP contribution in [0.2, 0.25) is 0 Å². The standard InChI is InChI=1S/C28H28FN5O3/c1-3-37-25(35)14-15-30-28(36)33-18-23-19(2)31-34(22-11-5-4-6-12-22)27(23)32-16-8-13-24(32)26(33)20-9-7-10-21(29)17-20/h4-13,16-17,26H,3,14-15,18H2,1-2H3,(H,30,36)/t26-/m1/s1. The number of para-hydroxylation sites is 1. The number of halogens is 1. The van der Waals surface area contributed by atoms with Crippen LogP contribution in [-0.4, -0.2) is 44.4 Å². The van der Waals surface area contributed by atoms with Gasteiger partial charge in [-0.3, -0.25) is 4.79 Å². The molecule has 1 aliphatic rings. The zero-order chi connectivity index (χ0) is 25.9. The van der Waals surface area contributed by atoms with E-state index in [1.165, 1.54) is 12.1 Å². The highest BCUT2D eigenvalue weighted by atomic mass is 19.1. The summed E-state index contributed by atoms with van der Waals surface area (Å²) in [5.41, 5.74) is 3.98. The Kier molecular flexibility index (Phi) is 6.76. The van der Waals surface area contributed by atoms with Gasteiger partial charge in [-0.15, -0.1) is 0 Å². The summed E-state index contributed by atoms with van der Waals surface area (Å²) in [4.78, 5) is 27.1. The van der Waals surface area contributed by atoms with E-state index in [1.807, 2.05) is 70.9 Å². The molecular weight excluding hydrogens is 473 g/mol. The molecule has 4 aromatic rings. The Labute approximate surface area is 214 Å². The largest absolute Gasteiger partial charge is 0.466 e. The van der Waals surface area contributed by atoms with Crippen molar-refractivity contribution in [3.63, 3.8) is 0 Å². The maximum absolute atomic E-state index is 14.4. The number of carbonyl (C=O) groups is 2. The summed E-state index contributed by atoms with van der Waals surface area (Å²) >= 11 is 0.